The van der Waals surface area contributed by atoms with Crippen LogP contribution in [0.2, 0.25) is 0 Å². The molecule has 12 nitrogen and oxygen atoms in total. The number of rotatable bonds is 11. The molecule has 4 heterocycles. The number of thiazole rings is 1. The molecule has 2 aromatic rings. The van der Waals surface area contributed by atoms with Crippen molar-refractivity contribution in [3.05, 3.63) is 51.2 Å². The Morgan fingerprint density at radius 1 is 1.10 bits per heavy atom. The fourth-order valence-corrected chi connectivity index (χ4v) is 7.28. The van der Waals surface area contributed by atoms with E-state index in [-0.39, 0.29) is 25.6 Å². The van der Waals surface area contributed by atoms with E-state index in [9.17, 15) is 19.5 Å². The Hall–Kier alpha value is -3.68. The summed E-state index contributed by atoms with van der Waals surface area (Å²) in [7, 11) is 2.75. The lowest BCUT2D eigenvalue weighted by Crippen LogP contribution is -2.46. The second-order valence-corrected chi connectivity index (χ2v) is 14.1. The number of allylic oxidation sites excluding steroid dienone is 1. The van der Waals surface area contributed by atoms with Crippen LogP contribution in [-0.2, 0) is 35.0 Å². The minimum Gasteiger partial charge on any atom is -0.497 e. The van der Waals surface area contributed by atoms with Crippen molar-refractivity contribution in [2.45, 2.75) is 95.4 Å². The molecule has 0 aliphatic carbocycles. The first-order chi connectivity index (χ1) is 22.9. The highest BCUT2D eigenvalue weighted by Gasteiger charge is 2.45. The average molecular weight is 687 g/mol. The molecule has 0 saturated heterocycles. The van der Waals surface area contributed by atoms with Crippen molar-refractivity contribution in [3.8, 4) is 11.5 Å². The molecule has 1 N–H and O–H groups in total. The molecule has 1 aromatic carbocycles. The summed E-state index contributed by atoms with van der Waals surface area (Å²) in [5.74, 6) is -0.764. The largest absolute Gasteiger partial charge is 0.497 e. The Balaban J connectivity index is 1.40. The third-order valence-corrected chi connectivity index (χ3v) is 10.2. The predicted octanol–water partition coefficient (Wildman–Crippen LogP) is 4.85. The number of aliphatic hydroxyl groups is 1. The average Bonchev–Trinajstić information content (AvgIpc) is 3.66. The number of ether oxygens (including phenoxy) is 6. The number of hydrogen-bond acceptors (Lipinski definition) is 13. The van der Waals surface area contributed by atoms with Gasteiger partial charge in [-0.1, -0.05) is 0 Å². The first kappa shape index (κ1) is 35.6. The normalized spacial score (nSPS) is 23.0. The van der Waals surface area contributed by atoms with Gasteiger partial charge in [0.05, 0.1) is 31.8 Å². The van der Waals surface area contributed by atoms with Crippen LogP contribution in [0.25, 0.3) is 0 Å². The standard InChI is InChI=1S/C35H46N2O10S/c1-22-31(48-20-36-22)32(39)47-34(2,3)12-9-13-35(41,18-29(38)43-5)33(40)46-30-25-19-37(14-8-6-7-10-26(30)42-4)15-11-23-16-27-28(17-24(23)25)45-21-44-27/h10,16-17,20,25,30,41H,6-9,11-15,18-19,21H2,1-5H3/b26-10+/t25-,30+,35-/m1/s1. The number of hydrogen-bond donors (Lipinski definition) is 1. The van der Waals surface area contributed by atoms with Crippen molar-refractivity contribution in [2.75, 3.05) is 40.6 Å². The minimum atomic E-state index is -2.21. The summed E-state index contributed by atoms with van der Waals surface area (Å²) in [5, 5.41) is 11.9. The fraction of sp³-hybridized carbons (Fsp3) is 0.600. The third-order valence-electron chi connectivity index (χ3n) is 9.29. The van der Waals surface area contributed by atoms with Gasteiger partial charge in [0.25, 0.3) is 0 Å². The van der Waals surface area contributed by atoms with E-state index < -0.39 is 41.6 Å². The quantitative estimate of drug-likeness (QED) is 0.255. The van der Waals surface area contributed by atoms with Gasteiger partial charge in [-0.3, -0.25) is 4.79 Å². The van der Waals surface area contributed by atoms with Gasteiger partial charge < -0.3 is 38.4 Å². The van der Waals surface area contributed by atoms with Gasteiger partial charge in [-0.25, -0.2) is 14.6 Å². The van der Waals surface area contributed by atoms with E-state index in [1.54, 1.807) is 33.4 Å². The Morgan fingerprint density at radius 2 is 1.88 bits per heavy atom. The second-order valence-electron chi connectivity index (χ2n) is 13.2. The topological polar surface area (TPSA) is 143 Å². The van der Waals surface area contributed by atoms with Crippen molar-refractivity contribution in [2.24, 2.45) is 0 Å². The zero-order valence-electron chi connectivity index (χ0n) is 28.4. The van der Waals surface area contributed by atoms with E-state index in [0.29, 0.717) is 40.8 Å². The molecule has 0 saturated carbocycles. The number of fused-ring (bicyclic) bond motifs is 5. The smallest absolute Gasteiger partial charge is 0.350 e. The Morgan fingerprint density at radius 3 is 2.58 bits per heavy atom. The number of nitrogens with zero attached hydrogens (tertiary/aromatic N) is 2. The highest BCUT2D eigenvalue weighted by molar-refractivity contribution is 7.11. The molecular weight excluding hydrogens is 640 g/mol. The van der Waals surface area contributed by atoms with Gasteiger partial charge >= 0.3 is 17.9 Å². The molecule has 0 spiro atoms. The summed E-state index contributed by atoms with van der Waals surface area (Å²) in [6.07, 6.45) is 4.32. The Kier molecular flexibility index (Phi) is 11.3. The van der Waals surface area contributed by atoms with Gasteiger partial charge in [0.15, 0.2) is 23.2 Å². The monoisotopic (exact) mass is 686 g/mol. The van der Waals surface area contributed by atoms with E-state index in [1.165, 1.54) is 18.4 Å². The first-order valence-corrected chi connectivity index (χ1v) is 17.3. The third kappa shape index (κ3) is 8.30. The van der Waals surface area contributed by atoms with Gasteiger partial charge in [-0.2, -0.15) is 0 Å². The molecule has 5 rings (SSSR count). The molecule has 3 aliphatic heterocycles. The molecule has 0 amide bonds. The number of methoxy groups -OCH3 is 2. The highest BCUT2D eigenvalue weighted by Crippen LogP contribution is 2.42. The summed E-state index contributed by atoms with van der Waals surface area (Å²) < 4.78 is 34.2. The van der Waals surface area contributed by atoms with Crippen LogP contribution in [0.3, 0.4) is 0 Å². The molecule has 0 radical (unpaired) electrons. The molecule has 48 heavy (non-hydrogen) atoms. The zero-order valence-corrected chi connectivity index (χ0v) is 29.2. The van der Waals surface area contributed by atoms with Gasteiger partial charge in [-0.05, 0) is 102 Å². The lowest BCUT2D eigenvalue weighted by molar-refractivity contribution is -0.178. The molecule has 13 heteroatoms. The first-order valence-electron chi connectivity index (χ1n) is 16.5. The summed E-state index contributed by atoms with van der Waals surface area (Å²) >= 11 is 1.20. The maximum absolute atomic E-state index is 14.2. The lowest BCUT2D eigenvalue weighted by Gasteiger charge is -2.35. The fourth-order valence-electron chi connectivity index (χ4n) is 6.60. The SMILES string of the molecule is COC(=O)C[C@](O)(CCCC(C)(C)OC(=O)c1scnc1C)C(=O)O[C@@H]1/C(OC)=C\CCCCN2CCc3cc4c(cc3[C@H]1C2)OCO4. The molecule has 262 valence electrons. The van der Waals surface area contributed by atoms with E-state index in [1.807, 2.05) is 18.2 Å². The van der Waals surface area contributed by atoms with Crippen LogP contribution in [0.4, 0.5) is 0 Å². The minimum absolute atomic E-state index is 0.133. The van der Waals surface area contributed by atoms with Gasteiger partial charge in [-0.15, -0.1) is 11.3 Å². The van der Waals surface area contributed by atoms with Crippen LogP contribution in [0.5, 0.6) is 11.5 Å². The number of carbonyl (C=O) groups is 3. The predicted molar refractivity (Wildman–Crippen MR) is 176 cm³/mol. The maximum Gasteiger partial charge on any atom is 0.350 e. The van der Waals surface area contributed by atoms with Crippen molar-refractivity contribution >= 4 is 29.2 Å². The molecule has 0 fully saturated rings. The summed E-state index contributed by atoms with van der Waals surface area (Å²) in [5.41, 5.74) is 1.06. The molecule has 3 aliphatic rings. The van der Waals surface area contributed by atoms with E-state index >= 15 is 0 Å². The van der Waals surface area contributed by atoms with Crippen LogP contribution in [0, 0.1) is 6.92 Å². The van der Waals surface area contributed by atoms with Crippen molar-refractivity contribution in [3.63, 3.8) is 0 Å². The number of aryl methyl sites for hydroxylation is 1. The summed E-state index contributed by atoms with van der Waals surface area (Å²) in [6, 6.07) is 3.96. The van der Waals surface area contributed by atoms with Crippen LogP contribution >= 0.6 is 11.3 Å². The van der Waals surface area contributed by atoms with Crippen LogP contribution in [0.1, 0.15) is 91.2 Å². The second kappa shape index (κ2) is 15.3. The maximum atomic E-state index is 14.2. The number of carbonyl (C=O) groups excluding carboxylic acids is 3. The van der Waals surface area contributed by atoms with Gasteiger partial charge in [0, 0.05) is 19.0 Å². The van der Waals surface area contributed by atoms with Crippen molar-refractivity contribution < 1.29 is 47.9 Å². The molecular formula is C35H46N2O10S. The molecule has 2 bridgehead atoms. The summed E-state index contributed by atoms with van der Waals surface area (Å²) in [4.78, 5) is 46.4. The van der Waals surface area contributed by atoms with E-state index in [4.69, 9.17) is 28.4 Å². The lowest BCUT2D eigenvalue weighted by atomic mass is 9.86. The zero-order chi connectivity index (χ0) is 34.5. The highest BCUT2D eigenvalue weighted by atomic mass is 32.1. The number of aromatic nitrogens is 1. The van der Waals surface area contributed by atoms with Gasteiger partial charge in [0.2, 0.25) is 6.79 Å². The van der Waals surface area contributed by atoms with Crippen LogP contribution in [0.15, 0.2) is 29.5 Å². The van der Waals surface area contributed by atoms with E-state index in [0.717, 1.165) is 49.9 Å². The molecule has 4 atom stereocenters. The molecule has 1 aromatic heterocycles. The van der Waals surface area contributed by atoms with Gasteiger partial charge in [0.1, 0.15) is 16.2 Å². The Labute approximate surface area is 285 Å². The molecule has 1 unspecified atom stereocenters. The van der Waals surface area contributed by atoms with Crippen molar-refractivity contribution in [1.82, 2.24) is 9.88 Å². The Bertz CT molecular complexity index is 1520. The number of esters is 3. The number of benzene rings is 1. The summed E-state index contributed by atoms with van der Waals surface area (Å²) in [6.45, 7) is 7.69. The van der Waals surface area contributed by atoms with E-state index in [2.05, 4.69) is 9.88 Å². The van der Waals surface area contributed by atoms with Crippen LogP contribution in [-0.4, -0.2) is 90.9 Å². The van der Waals surface area contributed by atoms with Crippen LogP contribution < -0.4 is 9.47 Å². The van der Waals surface area contributed by atoms with Crippen molar-refractivity contribution in [1.29, 1.82) is 0 Å².